The number of rotatable bonds is 7. The average Bonchev–Trinajstić information content (AvgIpc) is 2.35. The summed E-state index contributed by atoms with van der Waals surface area (Å²) in [6.07, 6.45) is 3.52. The van der Waals surface area contributed by atoms with Crippen molar-refractivity contribution in [3.05, 3.63) is 29.8 Å². The molecule has 0 bridgehead atoms. The number of benzene rings is 1. The van der Waals surface area contributed by atoms with Crippen LogP contribution in [0, 0.1) is 0 Å². The van der Waals surface area contributed by atoms with Crippen molar-refractivity contribution in [2.45, 2.75) is 39.2 Å². The molecule has 0 fully saturated rings. The van der Waals surface area contributed by atoms with Gasteiger partial charge in [-0.25, -0.2) is 8.42 Å². The van der Waals surface area contributed by atoms with Gasteiger partial charge >= 0.3 is 0 Å². The molecule has 0 radical (unpaired) electrons. The molecule has 1 atom stereocenters. The van der Waals surface area contributed by atoms with E-state index in [-0.39, 0.29) is 11.9 Å². The van der Waals surface area contributed by atoms with Crippen molar-refractivity contribution in [2.24, 2.45) is 0 Å². The third kappa shape index (κ3) is 6.06. The van der Waals surface area contributed by atoms with E-state index >= 15 is 0 Å². The molecule has 1 amide bonds. The van der Waals surface area contributed by atoms with E-state index in [1.165, 1.54) is 0 Å². The van der Waals surface area contributed by atoms with Crippen LogP contribution >= 0.6 is 0 Å². The molecule has 1 rings (SSSR count). The Morgan fingerprint density at radius 2 is 1.85 bits per heavy atom. The first-order chi connectivity index (χ1) is 9.31. The van der Waals surface area contributed by atoms with Crippen molar-refractivity contribution >= 4 is 21.6 Å². The number of anilines is 1. The molecule has 6 heteroatoms. The Balaban J connectivity index is 2.61. The highest BCUT2D eigenvalue weighted by atomic mass is 32.2. The molecule has 0 aromatic heterocycles. The van der Waals surface area contributed by atoms with Crippen LogP contribution in [0.25, 0.3) is 0 Å². The van der Waals surface area contributed by atoms with E-state index in [2.05, 4.69) is 10.0 Å². The van der Waals surface area contributed by atoms with E-state index in [1.807, 2.05) is 13.8 Å². The summed E-state index contributed by atoms with van der Waals surface area (Å²) in [6.45, 7) is 3.95. The topological polar surface area (TPSA) is 75.3 Å². The van der Waals surface area contributed by atoms with Gasteiger partial charge in [-0.05, 0) is 31.0 Å². The van der Waals surface area contributed by atoms with Gasteiger partial charge in [0.2, 0.25) is 15.9 Å². The van der Waals surface area contributed by atoms with E-state index < -0.39 is 10.0 Å². The third-order valence-corrected chi connectivity index (χ3v) is 3.46. The average molecular weight is 298 g/mol. The summed E-state index contributed by atoms with van der Waals surface area (Å²) in [5.41, 5.74) is 1.45. The Labute approximate surface area is 120 Å². The number of hydrogen-bond acceptors (Lipinski definition) is 3. The quantitative estimate of drug-likeness (QED) is 0.811. The van der Waals surface area contributed by atoms with Crippen molar-refractivity contribution in [3.8, 4) is 0 Å². The zero-order valence-corrected chi connectivity index (χ0v) is 13.0. The predicted molar refractivity (Wildman–Crippen MR) is 81.0 cm³/mol. The molecule has 1 aromatic rings. The maximum Gasteiger partial charge on any atom is 0.229 e. The lowest BCUT2D eigenvalue weighted by molar-refractivity contribution is -0.121. The summed E-state index contributed by atoms with van der Waals surface area (Å²) in [7, 11) is -3.26. The maximum absolute atomic E-state index is 11.6. The van der Waals surface area contributed by atoms with Crippen molar-refractivity contribution < 1.29 is 13.2 Å². The number of hydrogen-bond donors (Lipinski definition) is 2. The number of carbonyl (C=O) groups is 1. The zero-order valence-electron chi connectivity index (χ0n) is 12.1. The molecule has 2 N–H and O–H groups in total. The van der Waals surface area contributed by atoms with Crippen LogP contribution in [0.1, 0.15) is 44.7 Å². The van der Waals surface area contributed by atoms with Crippen LogP contribution < -0.4 is 10.0 Å². The van der Waals surface area contributed by atoms with E-state index in [0.29, 0.717) is 12.1 Å². The fraction of sp³-hybridized carbons (Fsp3) is 0.500. The Kier molecular flexibility index (Phi) is 6.01. The largest absolute Gasteiger partial charge is 0.350 e. The Bertz CT molecular complexity index is 538. The van der Waals surface area contributed by atoms with Gasteiger partial charge in [0, 0.05) is 12.1 Å². The zero-order chi connectivity index (χ0) is 15.2. The second-order valence-corrected chi connectivity index (χ2v) is 6.64. The van der Waals surface area contributed by atoms with Gasteiger partial charge in [0.25, 0.3) is 0 Å². The lowest BCUT2D eigenvalue weighted by Crippen LogP contribution is -2.26. The van der Waals surface area contributed by atoms with Gasteiger partial charge < -0.3 is 5.32 Å². The normalized spacial score (nSPS) is 12.8. The van der Waals surface area contributed by atoms with Crippen molar-refractivity contribution in [2.75, 3.05) is 11.0 Å². The van der Waals surface area contributed by atoms with Crippen LogP contribution in [-0.4, -0.2) is 20.6 Å². The van der Waals surface area contributed by atoms with Crippen LogP contribution in [-0.2, 0) is 14.8 Å². The Hall–Kier alpha value is -1.56. The predicted octanol–water partition coefficient (Wildman–Crippen LogP) is 2.43. The monoisotopic (exact) mass is 298 g/mol. The highest BCUT2D eigenvalue weighted by molar-refractivity contribution is 7.92. The fourth-order valence-electron chi connectivity index (χ4n) is 1.79. The first-order valence-electron chi connectivity index (χ1n) is 6.69. The minimum absolute atomic E-state index is 0.0395. The van der Waals surface area contributed by atoms with E-state index in [9.17, 15) is 13.2 Å². The first-order valence-corrected chi connectivity index (χ1v) is 8.58. The van der Waals surface area contributed by atoms with E-state index in [0.717, 1.165) is 24.7 Å². The van der Waals surface area contributed by atoms with Gasteiger partial charge in [-0.3, -0.25) is 9.52 Å². The van der Waals surface area contributed by atoms with Crippen LogP contribution in [0.5, 0.6) is 0 Å². The SMILES string of the molecule is CCCCC(=O)N[C@@H](C)c1ccc(NS(C)(=O)=O)cc1. The van der Waals surface area contributed by atoms with Crippen LogP contribution in [0.2, 0.25) is 0 Å². The summed E-state index contributed by atoms with van der Waals surface area (Å²) >= 11 is 0. The van der Waals surface area contributed by atoms with E-state index in [1.54, 1.807) is 24.3 Å². The molecule has 0 heterocycles. The Morgan fingerprint density at radius 3 is 2.35 bits per heavy atom. The number of unbranched alkanes of at least 4 members (excludes halogenated alkanes) is 1. The molecule has 0 spiro atoms. The molecule has 0 aliphatic rings. The summed E-state index contributed by atoms with van der Waals surface area (Å²) in [5, 5.41) is 2.92. The van der Waals surface area contributed by atoms with E-state index in [4.69, 9.17) is 0 Å². The van der Waals surface area contributed by atoms with Crippen LogP contribution in [0.4, 0.5) is 5.69 Å². The number of amides is 1. The van der Waals surface area contributed by atoms with Crippen molar-refractivity contribution in [1.82, 2.24) is 5.32 Å². The number of carbonyl (C=O) groups excluding carboxylic acids is 1. The van der Waals surface area contributed by atoms with Gasteiger partial charge in [-0.2, -0.15) is 0 Å². The molecule has 5 nitrogen and oxygen atoms in total. The highest BCUT2D eigenvalue weighted by Crippen LogP contribution is 2.17. The van der Waals surface area contributed by atoms with Gasteiger partial charge in [0.05, 0.1) is 12.3 Å². The molecule has 0 saturated heterocycles. The van der Waals surface area contributed by atoms with Crippen LogP contribution in [0.15, 0.2) is 24.3 Å². The third-order valence-electron chi connectivity index (χ3n) is 2.85. The van der Waals surface area contributed by atoms with Gasteiger partial charge in [-0.15, -0.1) is 0 Å². The summed E-state index contributed by atoms with van der Waals surface area (Å²) < 4.78 is 24.6. The van der Waals surface area contributed by atoms with Crippen LogP contribution in [0.3, 0.4) is 0 Å². The van der Waals surface area contributed by atoms with Crippen molar-refractivity contribution in [1.29, 1.82) is 0 Å². The molecule has 20 heavy (non-hydrogen) atoms. The second kappa shape index (κ2) is 7.28. The molecular formula is C14H22N2O3S. The molecule has 0 aliphatic carbocycles. The Morgan fingerprint density at radius 1 is 1.25 bits per heavy atom. The highest BCUT2D eigenvalue weighted by Gasteiger charge is 2.09. The number of nitrogens with one attached hydrogen (secondary N) is 2. The molecular weight excluding hydrogens is 276 g/mol. The standard InChI is InChI=1S/C14H22N2O3S/c1-4-5-6-14(17)15-11(2)12-7-9-13(10-8-12)16-20(3,18)19/h7-11,16H,4-6H2,1-3H3,(H,15,17)/t11-/m0/s1. The molecule has 0 unspecified atom stereocenters. The fourth-order valence-corrected chi connectivity index (χ4v) is 2.35. The summed E-state index contributed by atoms with van der Waals surface area (Å²) in [6, 6.07) is 6.89. The number of sulfonamides is 1. The lowest BCUT2D eigenvalue weighted by Gasteiger charge is -2.15. The van der Waals surface area contributed by atoms with Gasteiger partial charge in [-0.1, -0.05) is 25.5 Å². The minimum atomic E-state index is -3.26. The smallest absolute Gasteiger partial charge is 0.229 e. The molecule has 0 saturated carbocycles. The second-order valence-electron chi connectivity index (χ2n) is 4.89. The lowest BCUT2D eigenvalue weighted by atomic mass is 10.1. The van der Waals surface area contributed by atoms with Crippen molar-refractivity contribution in [3.63, 3.8) is 0 Å². The summed E-state index contributed by atoms with van der Waals surface area (Å²) in [4.78, 5) is 11.6. The molecule has 1 aromatic carbocycles. The first kappa shape index (κ1) is 16.5. The van der Waals surface area contributed by atoms with Gasteiger partial charge in [0.1, 0.15) is 0 Å². The summed E-state index contributed by atoms with van der Waals surface area (Å²) in [5.74, 6) is 0.0395. The molecule has 112 valence electrons. The van der Waals surface area contributed by atoms with Gasteiger partial charge in [0.15, 0.2) is 0 Å². The molecule has 0 aliphatic heterocycles. The minimum Gasteiger partial charge on any atom is -0.350 e. The maximum atomic E-state index is 11.6.